The molecule has 138 valence electrons. The Labute approximate surface area is 153 Å². The zero-order chi connectivity index (χ0) is 18.8. The summed E-state index contributed by atoms with van der Waals surface area (Å²) in [6.07, 6.45) is 2.05. The molecule has 0 radical (unpaired) electrons. The molecule has 1 aliphatic rings. The summed E-state index contributed by atoms with van der Waals surface area (Å²) in [6.45, 7) is 5.74. The highest BCUT2D eigenvalue weighted by Gasteiger charge is 2.33. The van der Waals surface area contributed by atoms with Gasteiger partial charge in [0.1, 0.15) is 5.82 Å². The lowest BCUT2D eigenvalue weighted by atomic mass is 9.88. The second kappa shape index (κ2) is 7.54. The summed E-state index contributed by atoms with van der Waals surface area (Å²) < 4.78 is 18.7. The highest BCUT2D eigenvalue weighted by atomic mass is 19.1. The molecule has 3 rings (SSSR count). The van der Waals surface area contributed by atoms with Crippen molar-refractivity contribution in [3.05, 3.63) is 52.6 Å². The van der Waals surface area contributed by atoms with Gasteiger partial charge in [-0.1, -0.05) is 26.0 Å². The summed E-state index contributed by atoms with van der Waals surface area (Å²) in [6, 6.07) is 5.98. The third kappa shape index (κ3) is 3.49. The van der Waals surface area contributed by atoms with Gasteiger partial charge in [0.05, 0.1) is 24.5 Å². The van der Waals surface area contributed by atoms with Gasteiger partial charge >= 0.3 is 5.97 Å². The molecule has 26 heavy (non-hydrogen) atoms. The number of aliphatic hydroxyl groups is 1. The van der Waals surface area contributed by atoms with Crippen LogP contribution in [0.1, 0.15) is 72.8 Å². The fourth-order valence-corrected chi connectivity index (χ4v) is 3.28. The van der Waals surface area contributed by atoms with Crippen molar-refractivity contribution in [2.45, 2.75) is 52.1 Å². The van der Waals surface area contributed by atoms with Crippen LogP contribution in [-0.2, 0) is 11.3 Å². The predicted molar refractivity (Wildman–Crippen MR) is 97.6 cm³/mol. The monoisotopic (exact) mass is 357 g/mol. The third-order valence-electron chi connectivity index (χ3n) is 4.64. The molecule has 5 heteroatoms. The molecule has 0 amide bonds. The lowest BCUT2D eigenvalue weighted by Gasteiger charge is -2.21. The van der Waals surface area contributed by atoms with Crippen LogP contribution in [-0.4, -0.2) is 22.7 Å². The van der Waals surface area contributed by atoms with Crippen LogP contribution in [0.5, 0.6) is 0 Å². The molecule has 1 saturated carbocycles. The SMILES string of the molecule is CCOC(=O)c1c(C(C)C)nc(C2CC2)c(CO)c1-c1ccc(F)cc1. The molecule has 1 N–H and O–H groups in total. The number of aliphatic hydroxyl groups excluding tert-OH is 1. The molecule has 2 aromatic rings. The molecule has 0 saturated heterocycles. The minimum absolute atomic E-state index is 0.0128. The summed E-state index contributed by atoms with van der Waals surface area (Å²) in [5.41, 5.74) is 3.84. The first-order valence-corrected chi connectivity index (χ1v) is 9.08. The fraction of sp³-hybridized carbons (Fsp3) is 0.429. The van der Waals surface area contributed by atoms with Crippen LogP contribution in [0.4, 0.5) is 4.39 Å². The van der Waals surface area contributed by atoms with E-state index in [1.54, 1.807) is 19.1 Å². The van der Waals surface area contributed by atoms with E-state index in [0.717, 1.165) is 18.5 Å². The number of hydrogen-bond donors (Lipinski definition) is 1. The number of esters is 1. The van der Waals surface area contributed by atoms with Crippen LogP contribution in [0.25, 0.3) is 11.1 Å². The van der Waals surface area contributed by atoms with Crippen LogP contribution in [0.3, 0.4) is 0 Å². The zero-order valence-electron chi connectivity index (χ0n) is 15.4. The first kappa shape index (κ1) is 18.5. The summed E-state index contributed by atoms with van der Waals surface area (Å²) in [7, 11) is 0. The minimum atomic E-state index is -0.458. The molecular weight excluding hydrogens is 333 g/mol. The molecule has 4 nitrogen and oxygen atoms in total. The number of rotatable bonds is 6. The predicted octanol–water partition coefficient (Wildman–Crippen LogP) is 4.56. The highest BCUT2D eigenvalue weighted by Crippen LogP contribution is 2.45. The maximum Gasteiger partial charge on any atom is 0.340 e. The number of hydrogen-bond acceptors (Lipinski definition) is 4. The van der Waals surface area contributed by atoms with Gasteiger partial charge in [-0.15, -0.1) is 0 Å². The normalized spacial score (nSPS) is 13.9. The number of carbonyl (C=O) groups excluding carboxylic acids is 1. The van der Waals surface area contributed by atoms with Gasteiger partial charge in [0.25, 0.3) is 0 Å². The Kier molecular flexibility index (Phi) is 5.37. The molecule has 0 unspecified atom stereocenters. The van der Waals surface area contributed by atoms with Crippen molar-refractivity contribution in [2.24, 2.45) is 0 Å². The molecular formula is C21H24FNO3. The van der Waals surface area contributed by atoms with E-state index in [-0.39, 0.29) is 24.9 Å². The number of benzene rings is 1. The maximum atomic E-state index is 13.4. The van der Waals surface area contributed by atoms with E-state index in [4.69, 9.17) is 9.72 Å². The van der Waals surface area contributed by atoms with Gasteiger partial charge in [0.15, 0.2) is 0 Å². The Morgan fingerprint density at radius 1 is 1.31 bits per heavy atom. The van der Waals surface area contributed by atoms with E-state index in [9.17, 15) is 14.3 Å². The van der Waals surface area contributed by atoms with Crippen LogP contribution in [0.15, 0.2) is 24.3 Å². The molecule has 1 aromatic heterocycles. The first-order valence-electron chi connectivity index (χ1n) is 9.08. The average molecular weight is 357 g/mol. The van der Waals surface area contributed by atoms with Crippen molar-refractivity contribution < 1.29 is 19.0 Å². The lowest BCUT2D eigenvalue weighted by molar-refractivity contribution is 0.0524. The van der Waals surface area contributed by atoms with Gasteiger partial charge in [0, 0.05) is 22.7 Å². The second-order valence-corrected chi connectivity index (χ2v) is 6.93. The molecule has 0 atom stereocenters. The van der Waals surface area contributed by atoms with E-state index >= 15 is 0 Å². The highest BCUT2D eigenvalue weighted by molar-refractivity contribution is 5.99. The van der Waals surface area contributed by atoms with Gasteiger partial charge in [0.2, 0.25) is 0 Å². The van der Waals surface area contributed by atoms with Crippen molar-refractivity contribution in [1.29, 1.82) is 0 Å². The molecule has 0 bridgehead atoms. The van der Waals surface area contributed by atoms with E-state index in [1.165, 1.54) is 12.1 Å². The summed E-state index contributed by atoms with van der Waals surface area (Å²) in [5, 5.41) is 10.1. The number of ether oxygens (including phenoxy) is 1. The summed E-state index contributed by atoms with van der Waals surface area (Å²) in [4.78, 5) is 17.6. The van der Waals surface area contributed by atoms with Crippen LogP contribution < -0.4 is 0 Å². The number of pyridine rings is 1. The fourth-order valence-electron chi connectivity index (χ4n) is 3.28. The molecule has 1 aliphatic carbocycles. The van der Waals surface area contributed by atoms with E-state index in [2.05, 4.69) is 0 Å². The number of halogens is 1. The van der Waals surface area contributed by atoms with Gasteiger partial charge in [-0.05, 0) is 43.4 Å². The third-order valence-corrected chi connectivity index (χ3v) is 4.64. The number of carbonyl (C=O) groups is 1. The molecule has 1 fully saturated rings. The second-order valence-electron chi connectivity index (χ2n) is 6.93. The van der Waals surface area contributed by atoms with Crippen LogP contribution >= 0.6 is 0 Å². The Morgan fingerprint density at radius 2 is 1.96 bits per heavy atom. The topological polar surface area (TPSA) is 59.4 Å². The van der Waals surface area contributed by atoms with Crippen LogP contribution in [0.2, 0.25) is 0 Å². The Bertz CT molecular complexity index is 811. The lowest BCUT2D eigenvalue weighted by Crippen LogP contribution is -2.17. The van der Waals surface area contributed by atoms with Crippen molar-refractivity contribution >= 4 is 5.97 Å². The van der Waals surface area contributed by atoms with E-state index in [1.807, 2.05) is 13.8 Å². The van der Waals surface area contributed by atoms with Gasteiger partial charge < -0.3 is 9.84 Å². The van der Waals surface area contributed by atoms with Gasteiger partial charge in [-0.3, -0.25) is 4.98 Å². The van der Waals surface area contributed by atoms with Gasteiger partial charge in [-0.2, -0.15) is 0 Å². The quantitative estimate of drug-likeness (QED) is 0.770. The van der Waals surface area contributed by atoms with Crippen molar-refractivity contribution in [3.63, 3.8) is 0 Å². The number of aromatic nitrogens is 1. The van der Waals surface area contributed by atoms with Crippen LogP contribution in [0, 0.1) is 5.82 Å². The Hall–Kier alpha value is -2.27. The standard InChI is InChI=1S/C21H24FNO3/c1-4-26-21(25)18-17(13-7-9-15(22)10-8-13)16(11-24)20(14-5-6-14)23-19(18)12(2)3/h7-10,12,14,24H,4-6,11H2,1-3H3. The molecule has 0 spiro atoms. The maximum absolute atomic E-state index is 13.4. The minimum Gasteiger partial charge on any atom is -0.462 e. The van der Waals surface area contributed by atoms with Crippen molar-refractivity contribution in [1.82, 2.24) is 4.98 Å². The Morgan fingerprint density at radius 3 is 2.46 bits per heavy atom. The zero-order valence-corrected chi connectivity index (χ0v) is 15.4. The van der Waals surface area contributed by atoms with Crippen molar-refractivity contribution in [2.75, 3.05) is 6.61 Å². The average Bonchev–Trinajstić information content (AvgIpc) is 3.45. The smallest absolute Gasteiger partial charge is 0.340 e. The summed E-state index contributed by atoms with van der Waals surface area (Å²) in [5.74, 6) is -0.485. The largest absolute Gasteiger partial charge is 0.462 e. The van der Waals surface area contributed by atoms with Gasteiger partial charge in [-0.25, -0.2) is 9.18 Å². The van der Waals surface area contributed by atoms with E-state index < -0.39 is 5.97 Å². The molecule has 1 aromatic carbocycles. The van der Waals surface area contributed by atoms with E-state index in [0.29, 0.717) is 33.9 Å². The molecule has 0 aliphatic heterocycles. The first-order chi connectivity index (χ1) is 12.5. The summed E-state index contributed by atoms with van der Waals surface area (Å²) >= 11 is 0. The Balaban J connectivity index is 2.34. The number of nitrogens with zero attached hydrogens (tertiary/aromatic N) is 1. The molecule has 1 heterocycles. The van der Waals surface area contributed by atoms with Crippen molar-refractivity contribution in [3.8, 4) is 11.1 Å².